The number of nitrogens with zero attached hydrogens (tertiary/aromatic N) is 1. The van der Waals surface area contributed by atoms with E-state index in [0.717, 1.165) is 19.3 Å². The van der Waals surface area contributed by atoms with Gasteiger partial charge in [0.1, 0.15) is 6.04 Å². The van der Waals surface area contributed by atoms with Crippen LogP contribution in [0, 0.1) is 0 Å². The number of aliphatic hydroxyl groups is 1. The van der Waals surface area contributed by atoms with Gasteiger partial charge in [0.2, 0.25) is 11.8 Å². The largest absolute Gasteiger partial charge is 0.395 e. The summed E-state index contributed by atoms with van der Waals surface area (Å²) in [6.07, 6.45) is 4.38. The van der Waals surface area contributed by atoms with Gasteiger partial charge in [-0.1, -0.05) is 26.2 Å². The first kappa shape index (κ1) is 15.9. The molecule has 1 heterocycles. The zero-order valence-electron chi connectivity index (χ0n) is 11.7. The Hall–Kier alpha value is -1.14. The van der Waals surface area contributed by atoms with E-state index in [1.165, 1.54) is 6.42 Å². The molecule has 0 bridgehead atoms. The van der Waals surface area contributed by atoms with E-state index in [1.54, 1.807) is 4.90 Å². The number of aliphatic hydroxyl groups excluding tert-OH is 1. The molecule has 0 aromatic rings. The minimum absolute atomic E-state index is 0.0292. The number of carbonyl (C=O) groups is 2. The van der Waals surface area contributed by atoms with Crippen LogP contribution < -0.4 is 10.6 Å². The molecule has 0 aromatic carbocycles. The van der Waals surface area contributed by atoms with Gasteiger partial charge >= 0.3 is 0 Å². The van der Waals surface area contributed by atoms with Gasteiger partial charge in [0, 0.05) is 19.6 Å². The molecule has 6 heteroatoms. The summed E-state index contributed by atoms with van der Waals surface area (Å²) in [7, 11) is 0. The van der Waals surface area contributed by atoms with Crippen molar-refractivity contribution in [1.29, 1.82) is 0 Å². The number of amides is 2. The quantitative estimate of drug-likeness (QED) is 0.519. The van der Waals surface area contributed by atoms with Crippen LogP contribution in [-0.4, -0.2) is 60.6 Å². The molecule has 1 atom stereocenters. The number of hydrogen-bond donors (Lipinski definition) is 3. The summed E-state index contributed by atoms with van der Waals surface area (Å²) in [6.45, 7) is 3.65. The minimum atomic E-state index is -0.365. The van der Waals surface area contributed by atoms with Crippen molar-refractivity contribution in [2.45, 2.75) is 38.6 Å². The molecule has 1 fully saturated rings. The molecule has 1 saturated heterocycles. The van der Waals surface area contributed by atoms with E-state index >= 15 is 0 Å². The highest BCUT2D eigenvalue weighted by atomic mass is 16.3. The predicted molar refractivity (Wildman–Crippen MR) is 72.6 cm³/mol. The van der Waals surface area contributed by atoms with Crippen LogP contribution in [0.25, 0.3) is 0 Å². The standard InChI is InChI=1S/C13H25N3O3/c1-2-3-4-5-6-16(7-8-17)13(19)11-9-15-12(18)10-14-11/h11,14,17H,2-10H2,1H3,(H,15,18). The third-order valence-corrected chi connectivity index (χ3v) is 3.27. The highest BCUT2D eigenvalue weighted by Gasteiger charge is 2.27. The fourth-order valence-corrected chi connectivity index (χ4v) is 2.14. The summed E-state index contributed by atoms with van der Waals surface area (Å²) in [4.78, 5) is 25.0. The topological polar surface area (TPSA) is 81.7 Å². The van der Waals surface area contributed by atoms with E-state index in [-0.39, 0.29) is 31.0 Å². The molecule has 19 heavy (non-hydrogen) atoms. The second kappa shape index (κ2) is 8.87. The summed E-state index contributed by atoms with van der Waals surface area (Å²) < 4.78 is 0. The normalized spacial score (nSPS) is 19.1. The summed E-state index contributed by atoms with van der Waals surface area (Å²) in [5, 5.41) is 14.6. The molecule has 1 aliphatic heterocycles. The first-order valence-corrected chi connectivity index (χ1v) is 7.08. The average Bonchev–Trinajstić information content (AvgIpc) is 2.42. The Morgan fingerprint density at radius 1 is 1.37 bits per heavy atom. The third kappa shape index (κ3) is 5.57. The molecular weight excluding hydrogens is 246 g/mol. The second-order valence-electron chi connectivity index (χ2n) is 4.85. The predicted octanol–water partition coefficient (Wildman–Crippen LogP) is -0.524. The van der Waals surface area contributed by atoms with Gasteiger partial charge in [-0.15, -0.1) is 0 Å². The Morgan fingerprint density at radius 2 is 2.16 bits per heavy atom. The van der Waals surface area contributed by atoms with Gasteiger partial charge in [0.25, 0.3) is 0 Å². The zero-order valence-corrected chi connectivity index (χ0v) is 11.7. The van der Waals surface area contributed by atoms with Crippen molar-refractivity contribution in [1.82, 2.24) is 15.5 Å². The first-order chi connectivity index (χ1) is 9.19. The Balaban J connectivity index is 2.40. The van der Waals surface area contributed by atoms with Crippen molar-refractivity contribution in [3.63, 3.8) is 0 Å². The number of rotatable bonds is 8. The van der Waals surface area contributed by atoms with Crippen LogP contribution in [0.1, 0.15) is 32.6 Å². The summed E-state index contributed by atoms with van der Waals surface area (Å²) in [6, 6.07) is -0.365. The average molecular weight is 271 g/mol. The van der Waals surface area contributed by atoms with Crippen molar-refractivity contribution < 1.29 is 14.7 Å². The molecule has 1 aliphatic rings. The highest BCUT2D eigenvalue weighted by Crippen LogP contribution is 2.04. The van der Waals surface area contributed by atoms with Crippen molar-refractivity contribution in [3.8, 4) is 0 Å². The van der Waals surface area contributed by atoms with Gasteiger partial charge in [-0.2, -0.15) is 0 Å². The second-order valence-corrected chi connectivity index (χ2v) is 4.85. The van der Waals surface area contributed by atoms with Crippen molar-refractivity contribution >= 4 is 11.8 Å². The van der Waals surface area contributed by atoms with Gasteiger partial charge < -0.3 is 15.3 Å². The van der Waals surface area contributed by atoms with E-state index in [9.17, 15) is 9.59 Å². The van der Waals surface area contributed by atoms with Gasteiger partial charge in [-0.25, -0.2) is 0 Å². The van der Waals surface area contributed by atoms with Crippen LogP contribution in [0.5, 0.6) is 0 Å². The maximum Gasteiger partial charge on any atom is 0.241 e. The maximum absolute atomic E-state index is 12.3. The molecular formula is C13H25N3O3. The van der Waals surface area contributed by atoms with E-state index in [2.05, 4.69) is 17.6 Å². The molecule has 2 amide bonds. The summed E-state index contributed by atoms with van der Waals surface area (Å²) in [5.41, 5.74) is 0. The van der Waals surface area contributed by atoms with Crippen LogP contribution >= 0.6 is 0 Å². The van der Waals surface area contributed by atoms with Gasteiger partial charge in [0.05, 0.1) is 13.2 Å². The molecule has 1 unspecified atom stereocenters. The first-order valence-electron chi connectivity index (χ1n) is 7.08. The summed E-state index contributed by atoms with van der Waals surface area (Å²) >= 11 is 0. The molecule has 6 nitrogen and oxygen atoms in total. The molecule has 3 N–H and O–H groups in total. The lowest BCUT2D eigenvalue weighted by molar-refractivity contribution is -0.135. The number of nitrogens with one attached hydrogen (secondary N) is 2. The summed E-state index contributed by atoms with van der Waals surface area (Å²) in [5.74, 6) is -0.119. The van der Waals surface area contributed by atoms with E-state index in [4.69, 9.17) is 5.11 Å². The monoisotopic (exact) mass is 271 g/mol. The maximum atomic E-state index is 12.3. The van der Waals surface area contributed by atoms with Crippen molar-refractivity contribution in [2.24, 2.45) is 0 Å². The molecule has 0 aromatic heterocycles. The Bertz CT molecular complexity index is 287. The fourth-order valence-electron chi connectivity index (χ4n) is 2.14. The van der Waals surface area contributed by atoms with E-state index in [1.807, 2.05) is 0 Å². The van der Waals surface area contributed by atoms with Crippen LogP contribution in [0.4, 0.5) is 0 Å². The van der Waals surface area contributed by atoms with Gasteiger partial charge in [-0.3, -0.25) is 14.9 Å². The third-order valence-electron chi connectivity index (χ3n) is 3.27. The zero-order chi connectivity index (χ0) is 14.1. The van der Waals surface area contributed by atoms with E-state index in [0.29, 0.717) is 19.6 Å². The number of hydrogen-bond acceptors (Lipinski definition) is 4. The number of piperazine rings is 1. The Labute approximate surface area is 114 Å². The minimum Gasteiger partial charge on any atom is -0.395 e. The van der Waals surface area contributed by atoms with Crippen LogP contribution in [0.3, 0.4) is 0 Å². The lowest BCUT2D eigenvalue weighted by Crippen LogP contribution is -2.59. The number of unbranched alkanes of at least 4 members (excludes halogenated alkanes) is 3. The molecule has 110 valence electrons. The highest BCUT2D eigenvalue weighted by molar-refractivity contribution is 5.86. The Kier molecular flexibility index (Phi) is 7.43. The van der Waals surface area contributed by atoms with Crippen molar-refractivity contribution in [3.05, 3.63) is 0 Å². The van der Waals surface area contributed by atoms with Crippen LogP contribution in [0.15, 0.2) is 0 Å². The molecule has 0 aliphatic carbocycles. The van der Waals surface area contributed by atoms with Crippen molar-refractivity contribution in [2.75, 3.05) is 32.8 Å². The Morgan fingerprint density at radius 3 is 2.74 bits per heavy atom. The van der Waals surface area contributed by atoms with Gasteiger partial charge in [-0.05, 0) is 6.42 Å². The molecule has 0 spiro atoms. The molecule has 0 saturated carbocycles. The number of carbonyl (C=O) groups excluding carboxylic acids is 2. The van der Waals surface area contributed by atoms with Gasteiger partial charge in [0.15, 0.2) is 0 Å². The fraction of sp³-hybridized carbons (Fsp3) is 0.846. The SMILES string of the molecule is CCCCCCN(CCO)C(=O)C1CNC(=O)CN1. The van der Waals surface area contributed by atoms with Crippen LogP contribution in [-0.2, 0) is 9.59 Å². The lowest BCUT2D eigenvalue weighted by Gasteiger charge is -2.29. The molecule has 1 rings (SSSR count). The molecule has 0 radical (unpaired) electrons. The van der Waals surface area contributed by atoms with E-state index < -0.39 is 0 Å². The smallest absolute Gasteiger partial charge is 0.241 e. The van der Waals surface area contributed by atoms with Crippen LogP contribution in [0.2, 0.25) is 0 Å². The lowest BCUT2D eigenvalue weighted by atomic mass is 10.1.